The molecule has 0 radical (unpaired) electrons. The number of nitrogens with one attached hydrogen (secondary N) is 1. The molecule has 2 aliphatic rings. The molecule has 1 unspecified atom stereocenters. The highest BCUT2D eigenvalue weighted by Crippen LogP contribution is 2.39. The minimum atomic E-state index is -1.20. The van der Waals surface area contributed by atoms with Gasteiger partial charge in [-0.25, -0.2) is 4.79 Å². The second-order valence-electron chi connectivity index (χ2n) is 5.81. The van der Waals surface area contributed by atoms with Gasteiger partial charge in [-0.15, -0.1) is 0 Å². The van der Waals surface area contributed by atoms with Crippen LogP contribution in [-0.2, 0) is 16.0 Å². The molecular weight excluding hydrogens is 256 g/mol. The fourth-order valence-electron chi connectivity index (χ4n) is 2.89. The highest BCUT2D eigenvalue weighted by molar-refractivity contribution is 6.18. The van der Waals surface area contributed by atoms with E-state index in [2.05, 4.69) is 5.32 Å². The summed E-state index contributed by atoms with van der Waals surface area (Å²) in [5, 5.41) is 2.28. The molecule has 0 aromatic heterocycles. The first-order valence-corrected chi connectivity index (χ1v) is 6.70. The van der Waals surface area contributed by atoms with Crippen LogP contribution in [0.15, 0.2) is 24.3 Å². The molecule has 20 heavy (non-hydrogen) atoms. The van der Waals surface area contributed by atoms with Crippen LogP contribution in [0.25, 0.3) is 0 Å². The second-order valence-corrected chi connectivity index (χ2v) is 5.81. The number of urea groups is 1. The summed E-state index contributed by atoms with van der Waals surface area (Å²) in [7, 11) is 0. The summed E-state index contributed by atoms with van der Waals surface area (Å²) >= 11 is 0. The maximum absolute atomic E-state index is 12.5. The number of barbiturate groups is 1. The van der Waals surface area contributed by atoms with Gasteiger partial charge in [0.05, 0.1) is 6.04 Å². The van der Waals surface area contributed by atoms with Gasteiger partial charge < -0.3 is 0 Å². The Bertz CT molecular complexity index is 621. The highest BCUT2D eigenvalue weighted by atomic mass is 16.2. The molecule has 5 nitrogen and oxygen atoms in total. The lowest BCUT2D eigenvalue weighted by Gasteiger charge is -2.38. The van der Waals surface area contributed by atoms with Crippen molar-refractivity contribution in [1.29, 1.82) is 0 Å². The number of carbonyl (C=O) groups is 3. The van der Waals surface area contributed by atoms with Gasteiger partial charge in [0.1, 0.15) is 5.41 Å². The Balaban J connectivity index is 2.01. The van der Waals surface area contributed by atoms with E-state index in [1.54, 1.807) is 13.8 Å². The Morgan fingerprint density at radius 2 is 1.90 bits per heavy atom. The third-order valence-electron chi connectivity index (χ3n) is 4.17. The normalized spacial score (nSPS) is 24.6. The van der Waals surface area contributed by atoms with Crippen molar-refractivity contribution in [2.75, 3.05) is 0 Å². The Kier molecular flexibility index (Phi) is 2.67. The molecule has 1 N–H and O–H groups in total. The van der Waals surface area contributed by atoms with Crippen molar-refractivity contribution in [2.45, 2.75) is 32.7 Å². The molecule has 1 aromatic carbocycles. The van der Waals surface area contributed by atoms with Crippen molar-refractivity contribution in [3.05, 3.63) is 35.4 Å². The van der Waals surface area contributed by atoms with Crippen molar-refractivity contribution in [3.8, 4) is 0 Å². The van der Waals surface area contributed by atoms with Crippen LogP contribution in [0.2, 0.25) is 0 Å². The van der Waals surface area contributed by atoms with E-state index >= 15 is 0 Å². The SMILES string of the molecule is CC1(C)C(=O)NC(=O)N(C2CCc3ccccc32)C1=O. The summed E-state index contributed by atoms with van der Waals surface area (Å²) < 4.78 is 0. The molecule has 1 aromatic rings. The number of carbonyl (C=O) groups excluding carboxylic acids is 3. The van der Waals surface area contributed by atoms with Gasteiger partial charge >= 0.3 is 6.03 Å². The Labute approximate surface area is 116 Å². The van der Waals surface area contributed by atoms with Crippen LogP contribution in [0.5, 0.6) is 0 Å². The number of imide groups is 2. The molecular formula is C15H16N2O3. The molecule has 1 saturated heterocycles. The predicted molar refractivity (Wildman–Crippen MR) is 71.7 cm³/mol. The summed E-state index contributed by atoms with van der Waals surface area (Å²) in [6, 6.07) is 6.92. The summed E-state index contributed by atoms with van der Waals surface area (Å²) in [6.45, 7) is 3.09. The number of aryl methyl sites for hydroxylation is 1. The van der Waals surface area contributed by atoms with E-state index in [0.717, 1.165) is 17.5 Å². The lowest BCUT2D eigenvalue weighted by molar-refractivity contribution is -0.150. The largest absolute Gasteiger partial charge is 0.331 e. The van der Waals surface area contributed by atoms with E-state index in [1.165, 1.54) is 4.90 Å². The van der Waals surface area contributed by atoms with Crippen LogP contribution in [0, 0.1) is 5.41 Å². The molecule has 4 amide bonds. The Morgan fingerprint density at radius 1 is 1.20 bits per heavy atom. The van der Waals surface area contributed by atoms with Crippen molar-refractivity contribution in [1.82, 2.24) is 10.2 Å². The van der Waals surface area contributed by atoms with Crippen molar-refractivity contribution in [3.63, 3.8) is 0 Å². The third kappa shape index (κ3) is 1.66. The zero-order valence-corrected chi connectivity index (χ0v) is 11.5. The lowest BCUT2D eigenvalue weighted by atomic mass is 9.87. The first-order valence-electron chi connectivity index (χ1n) is 6.70. The zero-order valence-electron chi connectivity index (χ0n) is 11.5. The molecule has 0 bridgehead atoms. The zero-order chi connectivity index (χ0) is 14.5. The minimum absolute atomic E-state index is 0.272. The quantitative estimate of drug-likeness (QED) is 0.792. The number of fused-ring (bicyclic) bond motifs is 1. The number of benzene rings is 1. The fraction of sp³-hybridized carbons (Fsp3) is 0.400. The fourth-order valence-corrected chi connectivity index (χ4v) is 2.89. The van der Waals surface area contributed by atoms with Crippen LogP contribution in [0.3, 0.4) is 0 Å². The van der Waals surface area contributed by atoms with E-state index in [0.29, 0.717) is 6.42 Å². The monoisotopic (exact) mass is 272 g/mol. The van der Waals surface area contributed by atoms with Crippen LogP contribution in [-0.4, -0.2) is 22.7 Å². The van der Waals surface area contributed by atoms with Gasteiger partial charge in [0.15, 0.2) is 0 Å². The molecule has 1 fully saturated rings. The maximum Gasteiger partial charge on any atom is 0.331 e. The van der Waals surface area contributed by atoms with Crippen LogP contribution in [0.4, 0.5) is 4.79 Å². The number of rotatable bonds is 1. The van der Waals surface area contributed by atoms with Crippen LogP contribution >= 0.6 is 0 Å². The van der Waals surface area contributed by atoms with E-state index in [-0.39, 0.29) is 6.04 Å². The third-order valence-corrected chi connectivity index (χ3v) is 4.17. The van der Waals surface area contributed by atoms with Gasteiger partial charge in [-0.05, 0) is 37.8 Å². The smallest absolute Gasteiger partial charge is 0.277 e. The summed E-state index contributed by atoms with van der Waals surface area (Å²) in [4.78, 5) is 37.6. The van der Waals surface area contributed by atoms with Crippen molar-refractivity contribution < 1.29 is 14.4 Å². The van der Waals surface area contributed by atoms with E-state index in [4.69, 9.17) is 0 Å². The molecule has 3 rings (SSSR count). The van der Waals surface area contributed by atoms with Gasteiger partial charge in [-0.1, -0.05) is 24.3 Å². The molecule has 1 atom stereocenters. The number of nitrogens with zero attached hydrogens (tertiary/aromatic N) is 1. The second kappa shape index (κ2) is 4.16. The molecule has 1 heterocycles. The Morgan fingerprint density at radius 3 is 2.65 bits per heavy atom. The van der Waals surface area contributed by atoms with E-state index in [1.807, 2.05) is 24.3 Å². The van der Waals surface area contributed by atoms with Gasteiger partial charge in [0, 0.05) is 0 Å². The number of hydrogen-bond donors (Lipinski definition) is 1. The van der Waals surface area contributed by atoms with Gasteiger partial charge in [-0.2, -0.15) is 0 Å². The van der Waals surface area contributed by atoms with Crippen LogP contribution < -0.4 is 5.32 Å². The molecule has 5 heteroatoms. The highest BCUT2D eigenvalue weighted by Gasteiger charge is 2.50. The molecule has 0 saturated carbocycles. The summed E-state index contributed by atoms with van der Waals surface area (Å²) in [6.07, 6.45) is 1.55. The molecule has 1 aliphatic carbocycles. The predicted octanol–water partition coefficient (Wildman–Crippen LogP) is 1.78. The molecule has 0 spiro atoms. The maximum atomic E-state index is 12.5. The first-order chi connectivity index (χ1) is 9.43. The van der Waals surface area contributed by atoms with Crippen molar-refractivity contribution in [2.24, 2.45) is 5.41 Å². The van der Waals surface area contributed by atoms with Crippen molar-refractivity contribution >= 4 is 17.8 Å². The Hall–Kier alpha value is -2.17. The number of hydrogen-bond acceptors (Lipinski definition) is 3. The minimum Gasteiger partial charge on any atom is -0.277 e. The van der Waals surface area contributed by atoms with E-state index < -0.39 is 23.3 Å². The number of amides is 4. The average molecular weight is 272 g/mol. The average Bonchev–Trinajstić information content (AvgIpc) is 2.81. The van der Waals surface area contributed by atoms with Gasteiger partial charge in [0.25, 0.3) is 0 Å². The standard InChI is InChI=1S/C15H16N2O3/c1-15(2)12(18)16-14(20)17(13(15)19)11-8-7-9-5-3-4-6-10(9)11/h3-6,11H,7-8H2,1-2H3,(H,16,18,20). The van der Waals surface area contributed by atoms with Crippen LogP contribution in [0.1, 0.15) is 37.4 Å². The summed E-state index contributed by atoms with van der Waals surface area (Å²) in [5.74, 6) is -0.956. The topological polar surface area (TPSA) is 66.5 Å². The first kappa shape index (κ1) is 12.8. The molecule has 1 aliphatic heterocycles. The summed E-state index contributed by atoms with van der Waals surface area (Å²) in [5.41, 5.74) is 0.958. The van der Waals surface area contributed by atoms with Gasteiger partial charge in [0.2, 0.25) is 11.8 Å². The van der Waals surface area contributed by atoms with Gasteiger partial charge in [-0.3, -0.25) is 19.8 Å². The molecule has 104 valence electrons. The van der Waals surface area contributed by atoms with E-state index in [9.17, 15) is 14.4 Å². The lowest BCUT2D eigenvalue weighted by Crippen LogP contribution is -2.62.